The molecule has 1 aromatic rings. The molecule has 11 nitrogen and oxygen atoms in total. The molecular weight excluding hydrogens is 552 g/mol. The number of thiocarbonyl (C=S) groups is 1. The summed E-state index contributed by atoms with van der Waals surface area (Å²) in [4.78, 5) is 47.8. The van der Waals surface area contributed by atoms with Crippen LogP contribution in [-0.2, 0) is 29.3 Å². The van der Waals surface area contributed by atoms with Gasteiger partial charge in [-0.25, -0.2) is 0 Å². The number of carboxylic acids is 2. The van der Waals surface area contributed by atoms with Gasteiger partial charge in [0.1, 0.15) is 10.9 Å². The molecule has 2 aliphatic rings. The quantitative estimate of drug-likeness (QED) is 0.267. The summed E-state index contributed by atoms with van der Waals surface area (Å²) < 4.78 is 31.5. The SMILES string of the molecule is CC(=O)O.O=C(O)CN1C(=O)/C(=C2\SC(=S)N(CCS(=O)(=O)O)C2=O)c2cc(Br)ccc21. The highest BCUT2D eigenvalue weighted by molar-refractivity contribution is 9.10. The minimum Gasteiger partial charge on any atom is -0.481 e. The lowest BCUT2D eigenvalue weighted by Gasteiger charge is -2.14. The van der Waals surface area contributed by atoms with Crippen molar-refractivity contribution in [3.8, 4) is 0 Å². The molecule has 1 fully saturated rings. The van der Waals surface area contributed by atoms with Crippen LogP contribution in [-0.4, -0.2) is 75.0 Å². The maximum Gasteiger partial charge on any atom is 0.323 e. The molecular formula is C17H15BrN2O9S3. The van der Waals surface area contributed by atoms with Crippen LogP contribution in [0.4, 0.5) is 5.69 Å². The molecule has 2 aliphatic heterocycles. The highest BCUT2D eigenvalue weighted by Crippen LogP contribution is 2.45. The van der Waals surface area contributed by atoms with Gasteiger partial charge in [-0.2, -0.15) is 8.42 Å². The molecule has 0 bridgehead atoms. The van der Waals surface area contributed by atoms with E-state index in [0.29, 0.717) is 15.7 Å². The van der Waals surface area contributed by atoms with Crippen molar-refractivity contribution < 1.29 is 42.4 Å². The van der Waals surface area contributed by atoms with E-state index in [2.05, 4.69) is 15.9 Å². The molecule has 32 heavy (non-hydrogen) atoms. The number of rotatable bonds is 5. The van der Waals surface area contributed by atoms with E-state index < -0.39 is 46.2 Å². The van der Waals surface area contributed by atoms with Crippen molar-refractivity contribution in [2.45, 2.75) is 6.92 Å². The number of fused-ring (bicyclic) bond motifs is 1. The molecule has 0 aliphatic carbocycles. The number of halogens is 1. The van der Waals surface area contributed by atoms with Gasteiger partial charge in [-0.05, 0) is 18.2 Å². The van der Waals surface area contributed by atoms with Gasteiger partial charge in [0.25, 0.3) is 27.9 Å². The number of benzene rings is 1. The summed E-state index contributed by atoms with van der Waals surface area (Å²) >= 11 is 9.22. The molecule has 3 rings (SSSR count). The van der Waals surface area contributed by atoms with Crippen LogP contribution in [0.5, 0.6) is 0 Å². The van der Waals surface area contributed by atoms with Crippen LogP contribution >= 0.6 is 39.9 Å². The van der Waals surface area contributed by atoms with E-state index in [9.17, 15) is 22.8 Å². The van der Waals surface area contributed by atoms with E-state index in [4.69, 9.17) is 31.8 Å². The molecule has 15 heteroatoms. The normalized spacial score (nSPS) is 17.9. The van der Waals surface area contributed by atoms with Crippen LogP contribution in [0.2, 0.25) is 0 Å². The number of aliphatic carboxylic acids is 2. The molecule has 0 aromatic heterocycles. The lowest BCUT2D eigenvalue weighted by Crippen LogP contribution is -2.34. The number of amides is 2. The zero-order valence-electron chi connectivity index (χ0n) is 16.1. The predicted molar refractivity (Wildman–Crippen MR) is 123 cm³/mol. The van der Waals surface area contributed by atoms with Gasteiger partial charge in [0.05, 0.1) is 21.9 Å². The molecule has 2 heterocycles. The third kappa shape index (κ3) is 6.13. The van der Waals surface area contributed by atoms with Crippen LogP contribution in [0, 0.1) is 0 Å². The Labute approximate surface area is 199 Å². The van der Waals surface area contributed by atoms with Crippen molar-refractivity contribution in [3.63, 3.8) is 0 Å². The monoisotopic (exact) mass is 566 g/mol. The maximum atomic E-state index is 12.9. The van der Waals surface area contributed by atoms with Crippen LogP contribution in [0.3, 0.4) is 0 Å². The first-order valence-electron chi connectivity index (χ1n) is 8.49. The molecule has 0 unspecified atom stereocenters. The smallest absolute Gasteiger partial charge is 0.323 e. The van der Waals surface area contributed by atoms with Crippen LogP contribution < -0.4 is 4.90 Å². The highest BCUT2D eigenvalue weighted by atomic mass is 79.9. The second-order valence-corrected chi connectivity index (χ2v) is 10.4. The Hall–Kier alpha value is -2.33. The summed E-state index contributed by atoms with van der Waals surface area (Å²) in [5.74, 6) is -4.09. The molecule has 2 amide bonds. The lowest BCUT2D eigenvalue weighted by molar-refractivity contribution is -0.136. The molecule has 0 spiro atoms. The minimum atomic E-state index is -4.31. The second kappa shape index (κ2) is 10.1. The molecule has 172 valence electrons. The number of anilines is 1. The average Bonchev–Trinajstić information content (AvgIpc) is 3.05. The van der Waals surface area contributed by atoms with Gasteiger partial charge in [0.2, 0.25) is 0 Å². The van der Waals surface area contributed by atoms with Gasteiger partial charge < -0.3 is 10.2 Å². The largest absolute Gasteiger partial charge is 0.481 e. The Bertz CT molecular complexity index is 1160. The van der Waals surface area contributed by atoms with Gasteiger partial charge >= 0.3 is 5.97 Å². The number of carbonyl (C=O) groups excluding carboxylic acids is 2. The van der Waals surface area contributed by atoms with Gasteiger partial charge in [-0.3, -0.25) is 33.5 Å². The fourth-order valence-electron chi connectivity index (χ4n) is 2.76. The zero-order chi connectivity index (χ0) is 24.4. The van der Waals surface area contributed by atoms with Crippen LogP contribution in [0.25, 0.3) is 5.57 Å². The first-order valence-corrected chi connectivity index (χ1v) is 12.1. The minimum absolute atomic E-state index is 0.00394. The molecule has 0 atom stereocenters. The first kappa shape index (κ1) is 25.9. The molecule has 1 aromatic carbocycles. The zero-order valence-corrected chi connectivity index (χ0v) is 20.2. The summed E-state index contributed by atoms with van der Waals surface area (Å²) in [6, 6.07) is 4.79. The Morgan fingerprint density at radius 1 is 1.16 bits per heavy atom. The number of hydrogen-bond donors (Lipinski definition) is 3. The Morgan fingerprint density at radius 3 is 2.28 bits per heavy atom. The summed E-state index contributed by atoms with van der Waals surface area (Å²) in [6.07, 6.45) is 0. The molecule has 3 N–H and O–H groups in total. The van der Waals surface area contributed by atoms with E-state index in [1.165, 1.54) is 0 Å². The van der Waals surface area contributed by atoms with E-state index in [-0.39, 0.29) is 21.3 Å². The maximum absolute atomic E-state index is 12.9. The third-order valence-electron chi connectivity index (χ3n) is 3.92. The predicted octanol–water partition coefficient (Wildman–Crippen LogP) is 1.43. The van der Waals surface area contributed by atoms with Crippen molar-refractivity contribution in [2.24, 2.45) is 0 Å². The van der Waals surface area contributed by atoms with Gasteiger partial charge in [-0.15, -0.1) is 0 Å². The Kier molecular flexibility index (Phi) is 8.17. The van der Waals surface area contributed by atoms with Crippen LogP contribution in [0.1, 0.15) is 12.5 Å². The van der Waals surface area contributed by atoms with E-state index >= 15 is 0 Å². The van der Waals surface area contributed by atoms with Crippen molar-refractivity contribution in [3.05, 3.63) is 33.1 Å². The molecule has 0 radical (unpaired) electrons. The van der Waals surface area contributed by atoms with E-state index in [1.807, 2.05) is 0 Å². The fraction of sp³-hybridized carbons (Fsp3) is 0.235. The molecule has 0 saturated carbocycles. The van der Waals surface area contributed by atoms with Crippen molar-refractivity contribution in [1.82, 2.24) is 4.90 Å². The number of carbonyl (C=O) groups is 4. The van der Waals surface area contributed by atoms with Gasteiger partial charge in [-0.1, -0.05) is 39.9 Å². The van der Waals surface area contributed by atoms with Crippen molar-refractivity contribution in [2.75, 3.05) is 23.7 Å². The number of thioether (sulfide) groups is 1. The van der Waals surface area contributed by atoms with E-state index in [0.717, 1.165) is 28.5 Å². The third-order valence-corrected chi connectivity index (χ3v) is 6.56. The van der Waals surface area contributed by atoms with Crippen molar-refractivity contribution >= 4 is 89.4 Å². The summed E-state index contributed by atoms with van der Waals surface area (Å²) in [5.41, 5.74) is 0.717. The summed E-state index contributed by atoms with van der Waals surface area (Å²) in [7, 11) is -4.31. The highest BCUT2D eigenvalue weighted by Gasteiger charge is 2.42. The van der Waals surface area contributed by atoms with Gasteiger partial charge in [0, 0.05) is 23.5 Å². The van der Waals surface area contributed by atoms with Gasteiger partial charge in [0.15, 0.2) is 0 Å². The number of nitrogens with zero attached hydrogens (tertiary/aromatic N) is 2. The lowest BCUT2D eigenvalue weighted by atomic mass is 10.1. The topological polar surface area (TPSA) is 170 Å². The Morgan fingerprint density at radius 2 is 1.75 bits per heavy atom. The number of carboxylic acid groups (broad SMARTS) is 2. The van der Waals surface area contributed by atoms with Crippen LogP contribution in [0.15, 0.2) is 27.6 Å². The standard InChI is InChI=1S/C15H11BrN2O7S3.C2H4O2/c16-7-1-2-9-8(5-7)11(13(21)18(9)6-10(19)20)12-14(22)17(15(26)27-12)3-4-28(23,24)25;1-2(3)4/h1-2,5H,3-4,6H2,(H,19,20)(H,23,24,25);1H3,(H,3,4)/b12-11-;. The first-order chi connectivity index (χ1) is 14.7. The van der Waals surface area contributed by atoms with E-state index in [1.54, 1.807) is 18.2 Å². The summed E-state index contributed by atoms with van der Waals surface area (Å²) in [6.45, 7) is 0.138. The fourth-order valence-corrected chi connectivity index (χ4v) is 4.92. The Balaban J connectivity index is 0.000000837. The summed E-state index contributed by atoms with van der Waals surface area (Å²) in [5, 5.41) is 16.5. The average molecular weight is 567 g/mol. The second-order valence-electron chi connectivity index (χ2n) is 6.28. The van der Waals surface area contributed by atoms with Crippen molar-refractivity contribution in [1.29, 1.82) is 0 Å². The number of hydrogen-bond acceptors (Lipinski definition) is 8. The molecule has 1 saturated heterocycles.